The van der Waals surface area contributed by atoms with E-state index in [9.17, 15) is 4.79 Å². The Kier molecular flexibility index (Phi) is 2.74. The number of fused-ring (bicyclic) bond motifs is 1. The largest absolute Gasteiger partial charge is 0.488 e. The van der Waals surface area contributed by atoms with Gasteiger partial charge in [-0.2, -0.15) is 0 Å². The van der Waals surface area contributed by atoms with E-state index in [1.807, 2.05) is 18.2 Å². The van der Waals surface area contributed by atoms with Crippen molar-refractivity contribution in [2.45, 2.75) is 25.4 Å². The first kappa shape index (κ1) is 11.5. The van der Waals surface area contributed by atoms with Crippen LogP contribution in [0, 0.1) is 5.41 Å². The third-order valence-electron chi connectivity index (χ3n) is 3.93. The Hall–Kier alpha value is -1.55. The van der Waals surface area contributed by atoms with Crippen LogP contribution in [0.2, 0.25) is 0 Å². The van der Waals surface area contributed by atoms with Crippen molar-refractivity contribution in [3.05, 3.63) is 29.8 Å². The third-order valence-corrected chi connectivity index (χ3v) is 3.93. The predicted molar refractivity (Wildman–Crippen MR) is 68.3 cm³/mol. The van der Waals surface area contributed by atoms with Gasteiger partial charge in [-0.3, -0.25) is 4.79 Å². The van der Waals surface area contributed by atoms with E-state index in [0.29, 0.717) is 13.1 Å². The fourth-order valence-electron chi connectivity index (χ4n) is 2.44. The maximum Gasteiger partial charge on any atom is 0.227 e. The average Bonchev–Trinajstić information content (AvgIpc) is 3.09. The van der Waals surface area contributed by atoms with Gasteiger partial charge in [0.15, 0.2) is 0 Å². The Labute approximate surface area is 107 Å². The van der Waals surface area contributed by atoms with Gasteiger partial charge in [0, 0.05) is 13.0 Å². The molecule has 0 spiro atoms. The number of carbonyl (C=O) groups is 1. The van der Waals surface area contributed by atoms with Crippen molar-refractivity contribution in [2.75, 3.05) is 13.1 Å². The normalized spacial score (nSPS) is 23.1. The van der Waals surface area contributed by atoms with E-state index in [1.54, 1.807) is 0 Å². The molecule has 1 aromatic rings. The lowest BCUT2D eigenvalue weighted by Gasteiger charge is -2.16. The van der Waals surface area contributed by atoms with Gasteiger partial charge >= 0.3 is 0 Å². The third kappa shape index (κ3) is 1.97. The standard InChI is InChI=1S/C14H18N2O2/c15-9-14(5-6-14)13(17)16-8-11-7-10-3-1-2-4-12(10)18-11/h1-4,11H,5-9,15H2,(H,16,17). The van der Waals surface area contributed by atoms with E-state index < -0.39 is 0 Å². The minimum Gasteiger partial charge on any atom is -0.488 e. The molecule has 4 heteroatoms. The first-order valence-electron chi connectivity index (χ1n) is 6.46. The minimum absolute atomic E-state index is 0.0555. The molecule has 0 saturated heterocycles. The minimum atomic E-state index is -0.272. The lowest BCUT2D eigenvalue weighted by molar-refractivity contribution is -0.126. The highest BCUT2D eigenvalue weighted by molar-refractivity contribution is 5.85. The molecule has 1 fully saturated rings. The molecule has 0 aromatic heterocycles. The van der Waals surface area contributed by atoms with E-state index in [-0.39, 0.29) is 17.4 Å². The van der Waals surface area contributed by atoms with Gasteiger partial charge in [0.1, 0.15) is 11.9 Å². The van der Waals surface area contributed by atoms with E-state index in [2.05, 4.69) is 11.4 Å². The van der Waals surface area contributed by atoms with Crippen LogP contribution in [0.5, 0.6) is 5.75 Å². The summed E-state index contributed by atoms with van der Waals surface area (Å²) >= 11 is 0. The van der Waals surface area contributed by atoms with Crippen LogP contribution < -0.4 is 15.8 Å². The van der Waals surface area contributed by atoms with Crippen molar-refractivity contribution in [3.8, 4) is 5.75 Å². The number of amides is 1. The summed E-state index contributed by atoms with van der Waals surface area (Å²) in [5.41, 5.74) is 6.58. The van der Waals surface area contributed by atoms with Gasteiger partial charge in [-0.15, -0.1) is 0 Å². The van der Waals surface area contributed by atoms with Crippen LogP contribution in [0.4, 0.5) is 0 Å². The fourth-order valence-corrected chi connectivity index (χ4v) is 2.44. The van der Waals surface area contributed by atoms with Crippen molar-refractivity contribution in [2.24, 2.45) is 11.1 Å². The van der Waals surface area contributed by atoms with Gasteiger partial charge in [0.05, 0.1) is 12.0 Å². The molecule has 4 nitrogen and oxygen atoms in total. The molecular weight excluding hydrogens is 228 g/mol. The molecule has 2 aliphatic rings. The van der Waals surface area contributed by atoms with Crippen LogP contribution >= 0.6 is 0 Å². The van der Waals surface area contributed by atoms with Crippen molar-refractivity contribution in [1.29, 1.82) is 0 Å². The zero-order chi connectivity index (χ0) is 12.6. The Balaban J connectivity index is 1.53. The quantitative estimate of drug-likeness (QED) is 0.827. The Bertz CT molecular complexity index is 444. The number of carbonyl (C=O) groups excluding carboxylic acids is 1. The summed E-state index contributed by atoms with van der Waals surface area (Å²) in [5, 5.41) is 2.97. The van der Waals surface area contributed by atoms with Gasteiger partial charge in [-0.1, -0.05) is 18.2 Å². The highest BCUT2D eigenvalue weighted by atomic mass is 16.5. The summed E-state index contributed by atoms with van der Waals surface area (Å²) < 4.78 is 5.78. The summed E-state index contributed by atoms with van der Waals surface area (Å²) in [6.45, 7) is 1.01. The highest BCUT2D eigenvalue weighted by Gasteiger charge is 2.48. The zero-order valence-electron chi connectivity index (χ0n) is 10.3. The van der Waals surface area contributed by atoms with E-state index in [0.717, 1.165) is 25.0 Å². The second kappa shape index (κ2) is 4.28. The lowest BCUT2D eigenvalue weighted by atomic mass is 10.1. The molecule has 1 aromatic carbocycles. The number of benzene rings is 1. The van der Waals surface area contributed by atoms with Crippen molar-refractivity contribution < 1.29 is 9.53 Å². The number of rotatable bonds is 4. The zero-order valence-corrected chi connectivity index (χ0v) is 10.3. The highest BCUT2D eigenvalue weighted by Crippen LogP contribution is 2.44. The summed E-state index contributed by atoms with van der Waals surface area (Å²) in [6, 6.07) is 8.02. The van der Waals surface area contributed by atoms with Crippen LogP contribution in [0.25, 0.3) is 0 Å². The molecule has 18 heavy (non-hydrogen) atoms. The van der Waals surface area contributed by atoms with Crippen LogP contribution in [-0.2, 0) is 11.2 Å². The van der Waals surface area contributed by atoms with Gasteiger partial charge < -0.3 is 15.8 Å². The number of hydrogen-bond acceptors (Lipinski definition) is 3. The Morgan fingerprint density at radius 1 is 1.44 bits per heavy atom. The summed E-state index contributed by atoms with van der Waals surface area (Å²) in [5.74, 6) is 1.03. The van der Waals surface area contributed by atoms with E-state index in [4.69, 9.17) is 10.5 Å². The maximum atomic E-state index is 11.9. The molecule has 1 amide bonds. The number of hydrogen-bond donors (Lipinski definition) is 2. The van der Waals surface area contributed by atoms with Crippen LogP contribution in [0.1, 0.15) is 18.4 Å². The van der Waals surface area contributed by atoms with Crippen molar-refractivity contribution in [1.82, 2.24) is 5.32 Å². The monoisotopic (exact) mass is 246 g/mol. The smallest absolute Gasteiger partial charge is 0.227 e. The molecule has 1 saturated carbocycles. The molecule has 1 atom stereocenters. The summed E-state index contributed by atoms with van der Waals surface area (Å²) in [4.78, 5) is 11.9. The van der Waals surface area contributed by atoms with Gasteiger partial charge in [0.25, 0.3) is 0 Å². The Morgan fingerprint density at radius 2 is 2.22 bits per heavy atom. The van der Waals surface area contributed by atoms with Gasteiger partial charge in [-0.25, -0.2) is 0 Å². The second-order valence-corrected chi connectivity index (χ2v) is 5.25. The number of nitrogens with one attached hydrogen (secondary N) is 1. The second-order valence-electron chi connectivity index (χ2n) is 5.25. The molecule has 3 N–H and O–H groups in total. The number of nitrogens with two attached hydrogens (primary N) is 1. The average molecular weight is 246 g/mol. The number of ether oxygens (including phenoxy) is 1. The molecule has 1 aliphatic carbocycles. The molecule has 1 unspecified atom stereocenters. The summed E-state index contributed by atoms with van der Waals surface area (Å²) in [6.07, 6.45) is 2.76. The molecule has 96 valence electrons. The molecule has 0 bridgehead atoms. The van der Waals surface area contributed by atoms with Crippen LogP contribution in [0.15, 0.2) is 24.3 Å². The van der Waals surface area contributed by atoms with Crippen molar-refractivity contribution >= 4 is 5.91 Å². The molecule has 1 heterocycles. The lowest BCUT2D eigenvalue weighted by Crippen LogP contribution is -2.41. The van der Waals surface area contributed by atoms with E-state index in [1.165, 1.54) is 5.56 Å². The fraction of sp³-hybridized carbons (Fsp3) is 0.500. The van der Waals surface area contributed by atoms with Gasteiger partial charge in [-0.05, 0) is 24.5 Å². The van der Waals surface area contributed by atoms with E-state index >= 15 is 0 Å². The van der Waals surface area contributed by atoms with Gasteiger partial charge in [0.2, 0.25) is 5.91 Å². The molecule has 3 rings (SSSR count). The predicted octanol–water partition coefficient (Wildman–Crippen LogP) is 0.845. The van der Waals surface area contributed by atoms with Crippen LogP contribution in [-0.4, -0.2) is 25.1 Å². The Morgan fingerprint density at radius 3 is 2.89 bits per heavy atom. The molecule has 1 aliphatic heterocycles. The van der Waals surface area contributed by atoms with Crippen LogP contribution in [0.3, 0.4) is 0 Å². The SMILES string of the molecule is NCC1(C(=O)NCC2Cc3ccccc3O2)CC1. The molecule has 0 radical (unpaired) electrons. The van der Waals surface area contributed by atoms with Crippen molar-refractivity contribution in [3.63, 3.8) is 0 Å². The number of para-hydroxylation sites is 1. The topological polar surface area (TPSA) is 64.4 Å². The first-order chi connectivity index (χ1) is 8.73. The maximum absolute atomic E-state index is 11.9. The summed E-state index contributed by atoms with van der Waals surface area (Å²) in [7, 11) is 0. The first-order valence-corrected chi connectivity index (χ1v) is 6.46. The molecular formula is C14H18N2O2.